The summed E-state index contributed by atoms with van der Waals surface area (Å²) in [7, 11) is 1.78. The van der Waals surface area contributed by atoms with Crippen molar-refractivity contribution in [3.8, 4) is 17.0 Å². The summed E-state index contributed by atoms with van der Waals surface area (Å²) in [5, 5.41) is 6.70. The number of hydrogen-bond acceptors (Lipinski definition) is 4. The molecular weight excluding hydrogens is 318 g/mol. The van der Waals surface area contributed by atoms with Gasteiger partial charge in [0.2, 0.25) is 4.80 Å². The van der Waals surface area contributed by atoms with E-state index in [1.54, 1.807) is 18.4 Å². The first-order chi connectivity index (χ1) is 11.8. The Balaban J connectivity index is 1.93. The van der Waals surface area contributed by atoms with Crippen LogP contribution in [0.5, 0.6) is 5.75 Å². The van der Waals surface area contributed by atoms with Gasteiger partial charge in [-0.15, -0.1) is 11.3 Å². The van der Waals surface area contributed by atoms with Crippen molar-refractivity contribution in [3.05, 3.63) is 70.3 Å². The Morgan fingerprint density at radius 3 is 2.50 bits per heavy atom. The predicted octanol–water partition coefficient (Wildman–Crippen LogP) is 4.03. The second-order valence-corrected chi connectivity index (χ2v) is 5.89. The minimum Gasteiger partial charge on any atom is -0.494 e. The smallest absolute Gasteiger partial charge is 0.205 e. The summed E-state index contributed by atoms with van der Waals surface area (Å²) in [4.78, 5) is 5.17. The molecular formula is C19H19N3OS. The number of thiazole rings is 1. The van der Waals surface area contributed by atoms with Crippen molar-refractivity contribution in [2.45, 2.75) is 6.92 Å². The summed E-state index contributed by atoms with van der Waals surface area (Å²) in [5.74, 6) is 0.868. The van der Waals surface area contributed by atoms with Crippen LogP contribution >= 0.6 is 11.3 Å². The van der Waals surface area contributed by atoms with Crippen molar-refractivity contribution in [2.75, 3.05) is 13.7 Å². The van der Waals surface area contributed by atoms with Crippen LogP contribution in [0.15, 0.2) is 70.1 Å². The Labute approximate surface area is 145 Å². The van der Waals surface area contributed by atoms with Crippen molar-refractivity contribution in [3.63, 3.8) is 0 Å². The molecule has 0 fully saturated rings. The molecule has 0 N–H and O–H groups in total. The lowest BCUT2D eigenvalue weighted by atomic mass is 10.2. The van der Waals surface area contributed by atoms with Crippen LogP contribution in [0.25, 0.3) is 11.3 Å². The van der Waals surface area contributed by atoms with Crippen LogP contribution in [0.2, 0.25) is 0 Å². The van der Waals surface area contributed by atoms with Crippen molar-refractivity contribution in [2.24, 2.45) is 10.1 Å². The maximum absolute atomic E-state index is 5.46. The lowest BCUT2D eigenvalue weighted by molar-refractivity contribution is 0.340. The van der Waals surface area contributed by atoms with Gasteiger partial charge in [0.05, 0.1) is 18.5 Å². The van der Waals surface area contributed by atoms with Crippen molar-refractivity contribution < 1.29 is 4.74 Å². The molecule has 3 aromatic rings. The first-order valence-corrected chi connectivity index (χ1v) is 8.66. The summed E-state index contributed by atoms with van der Waals surface area (Å²) in [6.45, 7) is 2.64. The van der Waals surface area contributed by atoms with E-state index in [9.17, 15) is 0 Å². The van der Waals surface area contributed by atoms with Crippen LogP contribution in [0.3, 0.4) is 0 Å². The average molecular weight is 337 g/mol. The molecule has 0 aliphatic carbocycles. The predicted molar refractivity (Wildman–Crippen MR) is 99.8 cm³/mol. The van der Waals surface area contributed by atoms with Crippen LogP contribution in [-0.2, 0) is 0 Å². The topological polar surface area (TPSA) is 38.9 Å². The van der Waals surface area contributed by atoms with Gasteiger partial charge >= 0.3 is 0 Å². The molecule has 0 bridgehead atoms. The van der Waals surface area contributed by atoms with Crippen molar-refractivity contribution in [1.82, 2.24) is 4.68 Å². The van der Waals surface area contributed by atoms with E-state index in [1.807, 2.05) is 60.3 Å². The van der Waals surface area contributed by atoms with Gasteiger partial charge in [-0.05, 0) is 36.8 Å². The van der Waals surface area contributed by atoms with Crippen LogP contribution in [0, 0.1) is 0 Å². The Hall–Kier alpha value is -2.66. The van der Waals surface area contributed by atoms with Gasteiger partial charge in [0.1, 0.15) is 5.75 Å². The second kappa shape index (κ2) is 7.75. The Kier molecular flexibility index (Phi) is 5.23. The lowest BCUT2D eigenvalue weighted by Crippen LogP contribution is -2.11. The maximum Gasteiger partial charge on any atom is 0.205 e. The van der Waals surface area contributed by atoms with Gasteiger partial charge in [0.25, 0.3) is 0 Å². The number of aromatic nitrogens is 1. The standard InChI is InChI=1S/C19H19N3OS/c1-3-23-17-11-9-15(10-12-17)13-21-22-18(14-24-19(22)20-2)16-7-5-4-6-8-16/h4-14H,3H2,1-2H3/b20-19?,21-13-. The molecule has 2 aromatic carbocycles. The Morgan fingerprint density at radius 1 is 1.08 bits per heavy atom. The SMILES string of the molecule is CCOc1ccc(/C=N\n2c(-c3ccccc3)csc2=NC)cc1. The molecule has 0 aliphatic rings. The fraction of sp³-hybridized carbons (Fsp3) is 0.158. The second-order valence-electron chi connectivity index (χ2n) is 5.05. The molecule has 5 heteroatoms. The molecule has 0 aliphatic heterocycles. The minimum atomic E-state index is 0.667. The van der Waals surface area contributed by atoms with Gasteiger partial charge in [-0.1, -0.05) is 30.3 Å². The molecule has 122 valence electrons. The van der Waals surface area contributed by atoms with Gasteiger partial charge in [0, 0.05) is 18.0 Å². The molecule has 0 amide bonds. The molecule has 1 heterocycles. The maximum atomic E-state index is 5.46. The van der Waals surface area contributed by atoms with Crippen molar-refractivity contribution in [1.29, 1.82) is 0 Å². The van der Waals surface area contributed by atoms with Crippen LogP contribution < -0.4 is 9.54 Å². The molecule has 0 spiro atoms. The van der Waals surface area contributed by atoms with Gasteiger partial charge in [0.15, 0.2) is 0 Å². The van der Waals surface area contributed by atoms with Crippen molar-refractivity contribution >= 4 is 17.6 Å². The van der Waals surface area contributed by atoms with E-state index in [-0.39, 0.29) is 0 Å². The first-order valence-electron chi connectivity index (χ1n) is 7.78. The fourth-order valence-electron chi connectivity index (χ4n) is 2.31. The summed E-state index contributed by atoms with van der Waals surface area (Å²) in [6.07, 6.45) is 1.84. The molecule has 3 rings (SSSR count). The third kappa shape index (κ3) is 3.63. The summed E-state index contributed by atoms with van der Waals surface area (Å²) < 4.78 is 7.33. The Morgan fingerprint density at radius 2 is 1.83 bits per heavy atom. The molecule has 0 radical (unpaired) electrons. The summed E-state index contributed by atoms with van der Waals surface area (Å²) in [6, 6.07) is 18.1. The average Bonchev–Trinajstić information content (AvgIpc) is 3.05. The van der Waals surface area contributed by atoms with Gasteiger partial charge in [-0.3, -0.25) is 4.99 Å². The zero-order chi connectivity index (χ0) is 16.8. The lowest BCUT2D eigenvalue weighted by Gasteiger charge is -2.04. The number of rotatable bonds is 5. The summed E-state index contributed by atoms with van der Waals surface area (Å²) in [5.41, 5.74) is 3.16. The van der Waals surface area contributed by atoms with Gasteiger partial charge in [-0.2, -0.15) is 5.10 Å². The van der Waals surface area contributed by atoms with Crippen LogP contribution in [0.1, 0.15) is 12.5 Å². The fourth-order valence-corrected chi connectivity index (χ4v) is 3.11. The third-order valence-electron chi connectivity index (χ3n) is 3.46. The van der Waals surface area contributed by atoms with E-state index in [0.29, 0.717) is 6.61 Å². The van der Waals surface area contributed by atoms with Gasteiger partial charge < -0.3 is 4.74 Å². The number of benzene rings is 2. The highest BCUT2D eigenvalue weighted by Crippen LogP contribution is 2.19. The third-order valence-corrected chi connectivity index (χ3v) is 4.37. The van der Waals surface area contributed by atoms with E-state index in [1.165, 1.54) is 0 Å². The largest absolute Gasteiger partial charge is 0.494 e. The zero-order valence-corrected chi connectivity index (χ0v) is 14.5. The van der Waals surface area contributed by atoms with E-state index in [2.05, 4.69) is 27.6 Å². The van der Waals surface area contributed by atoms with E-state index >= 15 is 0 Å². The monoisotopic (exact) mass is 337 g/mol. The molecule has 0 atom stereocenters. The molecule has 4 nitrogen and oxygen atoms in total. The highest BCUT2D eigenvalue weighted by Gasteiger charge is 2.06. The number of nitrogens with zero attached hydrogens (tertiary/aromatic N) is 3. The highest BCUT2D eigenvalue weighted by molar-refractivity contribution is 7.07. The molecule has 0 saturated carbocycles. The molecule has 24 heavy (non-hydrogen) atoms. The first kappa shape index (κ1) is 16.2. The van der Waals surface area contributed by atoms with Crippen LogP contribution in [0.4, 0.5) is 0 Å². The molecule has 0 unspecified atom stereocenters. The summed E-state index contributed by atoms with van der Waals surface area (Å²) >= 11 is 1.58. The van der Waals surface area contributed by atoms with Crippen LogP contribution in [-0.4, -0.2) is 24.5 Å². The molecule has 0 saturated heterocycles. The number of hydrogen-bond donors (Lipinski definition) is 0. The number of ether oxygens (including phenoxy) is 1. The quantitative estimate of drug-likeness (QED) is 0.648. The van der Waals surface area contributed by atoms with E-state index in [4.69, 9.17) is 4.74 Å². The normalized spacial score (nSPS) is 12.0. The van der Waals surface area contributed by atoms with E-state index in [0.717, 1.165) is 27.4 Å². The van der Waals surface area contributed by atoms with E-state index < -0.39 is 0 Å². The van der Waals surface area contributed by atoms with Gasteiger partial charge in [-0.25, -0.2) is 4.68 Å². The minimum absolute atomic E-state index is 0.667. The molecule has 1 aromatic heterocycles. The zero-order valence-electron chi connectivity index (χ0n) is 13.7. The Bertz CT molecular complexity index is 877. The highest BCUT2D eigenvalue weighted by atomic mass is 32.1.